The summed E-state index contributed by atoms with van der Waals surface area (Å²) in [7, 11) is -1.11. The summed E-state index contributed by atoms with van der Waals surface area (Å²) in [4.78, 5) is 0. The predicted molar refractivity (Wildman–Crippen MR) is 22.5 cm³/mol. The van der Waals surface area contributed by atoms with Crippen molar-refractivity contribution in [1.29, 1.82) is 0 Å². The van der Waals surface area contributed by atoms with Crippen LogP contribution in [0.25, 0.3) is 0 Å². The average Bonchev–Trinajstić information content (AvgIpc) is 1.30. The molecule has 0 bridgehead atoms. The first-order chi connectivity index (χ1) is 3.06. The maximum atomic E-state index is 11.0. The molecule has 7 heavy (non-hydrogen) atoms. The summed E-state index contributed by atoms with van der Waals surface area (Å²) in [5.74, 6) is -4.05. The topological polar surface area (TPSA) is 0 Å². The first-order valence-electron chi connectivity index (χ1n) is 1.44. The standard InChI is InChI=1S/C2H2ClF3Si/c3-1-7-2(4,5)6/h1H2. The Morgan fingerprint density at radius 2 is 1.86 bits per heavy atom. The molecule has 0 aliphatic rings. The molecule has 0 atom stereocenters. The van der Waals surface area contributed by atoms with Gasteiger partial charge in [-0.3, -0.25) is 0 Å². The summed E-state index contributed by atoms with van der Waals surface area (Å²) in [6.07, 6.45) is 0. The molecule has 0 N–H and O–H groups in total. The van der Waals surface area contributed by atoms with E-state index in [1.165, 1.54) is 0 Å². The zero-order valence-corrected chi connectivity index (χ0v) is 4.97. The highest BCUT2D eigenvalue weighted by Crippen LogP contribution is 2.11. The highest BCUT2D eigenvalue weighted by molar-refractivity contribution is 6.51. The summed E-state index contributed by atoms with van der Waals surface area (Å²) in [5, 5.41) is 0. The molecule has 42 valence electrons. The number of rotatable bonds is 1. The minimum Gasteiger partial charge on any atom is -0.177 e. The third-order valence-corrected chi connectivity index (χ3v) is 1.20. The van der Waals surface area contributed by atoms with Crippen LogP contribution in [0, 0.1) is 0 Å². The van der Waals surface area contributed by atoms with Gasteiger partial charge >= 0.3 is 5.80 Å². The van der Waals surface area contributed by atoms with Crippen molar-refractivity contribution in [2.45, 2.75) is 5.80 Å². The lowest BCUT2D eigenvalue weighted by atomic mass is 11.5. The second kappa shape index (κ2) is 2.57. The molecule has 0 aromatic rings. The van der Waals surface area contributed by atoms with E-state index in [1.807, 2.05) is 0 Å². The first-order valence-corrected chi connectivity index (χ1v) is 3.18. The van der Waals surface area contributed by atoms with Crippen LogP contribution >= 0.6 is 11.6 Å². The second-order valence-electron chi connectivity index (χ2n) is 0.808. The third-order valence-electron chi connectivity index (χ3n) is 0.267. The van der Waals surface area contributed by atoms with E-state index in [2.05, 4.69) is 0 Å². The lowest BCUT2D eigenvalue weighted by Gasteiger charge is -1.98. The van der Waals surface area contributed by atoms with Crippen molar-refractivity contribution in [3.63, 3.8) is 0 Å². The van der Waals surface area contributed by atoms with Crippen molar-refractivity contribution in [3.8, 4) is 0 Å². The zero-order chi connectivity index (χ0) is 5.91. The van der Waals surface area contributed by atoms with E-state index in [9.17, 15) is 13.2 Å². The van der Waals surface area contributed by atoms with Crippen LogP contribution in [0.15, 0.2) is 0 Å². The normalized spacial score (nSPS) is 12.0. The fourth-order valence-corrected chi connectivity index (χ4v) is 0.682. The highest BCUT2D eigenvalue weighted by atomic mass is 35.5. The van der Waals surface area contributed by atoms with Gasteiger partial charge in [0.1, 0.15) is 0 Å². The summed E-state index contributed by atoms with van der Waals surface area (Å²) in [6.45, 7) is 0. The molecule has 2 radical (unpaired) electrons. The van der Waals surface area contributed by atoms with Gasteiger partial charge in [0, 0.05) is 5.50 Å². The molecule has 0 unspecified atom stereocenters. The van der Waals surface area contributed by atoms with E-state index < -0.39 is 15.3 Å². The van der Waals surface area contributed by atoms with Crippen molar-refractivity contribution in [2.24, 2.45) is 0 Å². The highest BCUT2D eigenvalue weighted by Gasteiger charge is 2.26. The Bertz CT molecular complexity index is 51.4. The van der Waals surface area contributed by atoms with Gasteiger partial charge in [0.25, 0.3) is 0 Å². The van der Waals surface area contributed by atoms with Crippen LogP contribution in [0.5, 0.6) is 0 Å². The van der Waals surface area contributed by atoms with Crippen LogP contribution in [0.2, 0.25) is 0 Å². The quantitative estimate of drug-likeness (QED) is 0.388. The molecule has 0 rings (SSSR count). The van der Waals surface area contributed by atoms with E-state index in [-0.39, 0.29) is 5.50 Å². The lowest BCUT2D eigenvalue weighted by Crippen LogP contribution is -2.19. The molecule has 0 aromatic heterocycles. The van der Waals surface area contributed by atoms with Gasteiger partial charge in [-0.1, -0.05) is 0 Å². The molecule has 0 aromatic carbocycles. The molecule has 0 aliphatic heterocycles. The van der Waals surface area contributed by atoms with Crippen LogP contribution < -0.4 is 0 Å². The monoisotopic (exact) mass is 146 g/mol. The Morgan fingerprint density at radius 1 is 1.43 bits per heavy atom. The van der Waals surface area contributed by atoms with Crippen molar-refractivity contribution in [1.82, 2.24) is 0 Å². The van der Waals surface area contributed by atoms with Gasteiger partial charge in [0.2, 0.25) is 9.52 Å². The minimum atomic E-state index is -4.05. The van der Waals surface area contributed by atoms with Crippen molar-refractivity contribution in [2.75, 3.05) is 5.50 Å². The fourth-order valence-electron chi connectivity index (χ4n) is 0.0758. The van der Waals surface area contributed by atoms with Gasteiger partial charge in [-0.15, -0.1) is 11.6 Å². The van der Waals surface area contributed by atoms with Gasteiger partial charge in [0.05, 0.1) is 0 Å². The van der Waals surface area contributed by atoms with Gasteiger partial charge in [-0.25, -0.2) is 0 Å². The number of alkyl halides is 4. The van der Waals surface area contributed by atoms with Gasteiger partial charge in [-0.05, 0) is 0 Å². The van der Waals surface area contributed by atoms with E-state index in [1.54, 1.807) is 0 Å². The molecule has 0 spiro atoms. The Morgan fingerprint density at radius 3 is 1.86 bits per heavy atom. The summed E-state index contributed by atoms with van der Waals surface area (Å²) in [5.41, 5.74) is -0.316. The Hall–Kier alpha value is 0.297. The SMILES string of the molecule is FC(F)(F)[Si]CCl. The van der Waals surface area contributed by atoms with Crippen LogP contribution in [0.4, 0.5) is 13.2 Å². The molecule has 0 amide bonds. The van der Waals surface area contributed by atoms with Gasteiger partial charge in [-0.2, -0.15) is 13.2 Å². The van der Waals surface area contributed by atoms with Crippen LogP contribution in [0.3, 0.4) is 0 Å². The zero-order valence-electron chi connectivity index (χ0n) is 3.22. The molecule has 0 aliphatic carbocycles. The smallest absolute Gasteiger partial charge is 0.177 e. The van der Waals surface area contributed by atoms with E-state index >= 15 is 0 Å². The number of hydrogen-bond donors (Lipinski definition) is 0. The van der Waals surface area contributed by atoms with Crippen LogP contribution in [-0.2, 0) is 0 Å². The molecule has 0 saturated carbocycles. The van der Waals surface area contributed by atoms with Gasteiger partial charge in [0.15, 0.2) is 0 Å². The molecular weight excluding hydrogens is 145 g/mol. The Labute approximate surface area is 46.5 Å². The minimum absolute atomic E-state index is 0.316. The fraction of sp³-hybridized carbons (Fsp3) is 1.00. The molecule has 0 nitrogen and oxygen atoms in total. The van der Waals surface area contributed by atoms with E-state index in [0.29, 0.717) is 0 Å². The Kier molecular flexibility index (Phi) is 2.68. The first kappa shape index (κ1) is 7.30. The van der Waals surface area contributed by atoms with E-state index in [4.69, 9.17) is 11.6 Å². The molecular formula is C2H2ClF3Si. The maximum absolute atomic E-state index is 11.0. The average molecular weight is 147 g/mol. The van der Waals surface area contributed by atoms with Crippen molar-refractivity contribution < 1.29 is 13.2 Å². The molecule has 0 saturated heterocycles. The number of hydrogen-bond acceptors (Lipinski definition) is 0. The summed E-state index contributed by atoms with van der Waals surface area (Å²) in [6, 6.07) is 0. The Balaban J connectivity index is 3.15. The lowest BCUT2D eigenvalue weighted by molar-refractivity contribution is -0.0466. The number of halogens is 4. The van der Waals surface area contributed by atoms with Gasteiger partial charge < -0.3 is 0 Å². The van der Waals surface area contributed by atoms with Crippen molar-refractivity contribution >= 4 is 21.1 Å². The maximum Gasteiger partial charge on any atom is 0.358 e. The molecule has 5 heteroatoms. The largest absolute Gasteiger partial charge is 0.358 e. The van der Waals surface area contributed by atoms with Crippen LogP contribution in [-0.4, -0.2) is 20.8 Å². The predicted octanol–water partition coefficient (Wildman–Crippen LogP) is 1.41. The summed E-state index contributed by atoms with van der Waals surface area (Å²) >= 11 is 4.78. The van der Waals surface area contributed by atoms with E-state index in [0.717, 1.165) is 0 Å². The molecule has 0 fully saturated rings. The summed E-state index contributed by atoms with van der Waals surface area (Å²) < 4.78 is 33.0. The third kappa shape index (κ3) is 6.30. The van der Waals surface area contributed by atoms with Crippen molar-refractivity contribution in [3.05, 3.63) is 0 Å². The van der Waals surface area contributed by atoms with Crippen LogP contribution in [0.1, 0.15) is 0 Å². The molecule has 0 heterocycles. The second-order valence-corrected chi connectivity index (χ2v) is 2.80.